The fourth-order valence-corrected chi connectivity index (χ4v) is 1.51. The highest BCUT2D eigenvalue weighted by molar-refractivity contribution is 5.23. The molecule has 0 saturated heterocycles. The van der Waals surface area contributed by atoms with Crippen molar-refractivity contribution in [1.29, 1.82) is 0 Å². The molecule has 2 heteroatoms. The van der Waals surface area contributed by atoms with Crippen LogP contribution in [0.3, 0.4) is 0 Å². The van der Waals surface area contributed by atoms with Crippen LogP contribution in [0.2, 0.25) is 0 Å². The van der Waals surface area contributed by atoms with Crippen LogP contribution in [0.4, 0.5) is 0 Å². The highest BCUT2D eigenvalue weighted by Gasteiger charge is 2.28. The van der Waals surface area contributed by atoms with Crippen molar-refractivity contribution in [3.05, 3.63) is 48.2 Å². The normalized spacial score (nSPS) is 26.8. The van der Waals surface area contributed by atoms with Gasteiger partial charge in [-0.05, 0) is 12.5 Å². The summed E-state index contributed by atoms with van der Waals surface area (Å²) < 4.78 is 0. The Kier molecular flexibility index (Phi) is 2.07. The van der Waals surface area contributed by atoms with Crippen LogP contribution in [0.15, 0.2) is 42.6 Å². The van der Waals surface area contributed by atoms with E-state index in [9.17, 15) is 0 Å². The number of rotatable bonds is 1. The zero-order chi connectivity index (χ0) is 9.15. The molecule has 0 fully saturated rings. The van der Waals surface area contributed by atoms with Gasteiger partial charge in [-0.2, -0.15) is 0 Å². The molecule has 68 valence electrons. The van der Waals surface area contributed by atoms with Crippen molar-refractivity contribution in [2.75, 3.05) is 0 Å². The van der Waals surface area contributed by atoms with Crippen LogP contribution in [-0.2, 0) is 10.4 Å². The summed E-state index contributed by atoms with van der Waals surface area (Å²) in [6, 6.07) is 10.2. The number of benzene rings is 1. The van der Waals surface area contributed by atoms with Crippen LogP contribution in [0.5, 0.6) is 0 Å². The lowest BCUT2D eigenvalue weighted by atomic mass is 9.92. The molecule has 1 aromatic carbocycles. The molecule has 0 amide bonds. The van der Waals surface area contributed by atoms with Gasteiger partial charge in [0.05, 0.1) is 0 Å². The molecule has 1 atom stereocenters. The van der Waals surface area contributed by atoms with Gasteiger partial charge in [-0.3, -0.25) is 10.3 Å². The predicted molar refractivity (Wildman–Crippen MR) is 51.8 cm³/mol. The third-order valence-electron chi connectivity index (χ3n) is 2.36. The maximum atomic E-state index is 5.51. The smallest absolute Gasteiger partial charge is 0.121 e. The molecule has 0 aromatic heterocycles. The van der Waals surface area contributed by atoms with E-state index in [1.807, 2.05) is 24.4 Å². The first-order chi connectivity index (χ1) is 6.31. The molecule has 0 spiro atoms. The lowest BCUT2D eigenvalue weighted by molar-refractivity contribution is -0.0894. The Labute approximate surface area is 78.2 Å². The van der Waals surface area contributed by atoms with Crippen molar-refractivity contribution in [3.63, 3.8) is 0 Å². The van der Waals surface area contributed by atoms with E-state index in [0.29, 0.717) is 0 Å². The van der Waals surface area contributed by atoms with E-state index >= 15 is 0 Å². The fourth-order valence-electron chi connectivity index (χ4n) is 1.51. The van der Waals surface area contributed by atoms with Crippen LogP contribution in [-0.4, -0.2) is 0 Å². The van der Waals surface area contributed by atoms with Gasteiger partial charge in [0.1, 0.15) is 5.60 Å². The predicted octanol–water partition coefficient (Wildman–Crippen LogP) is 2.34. The van der Waals surface area contributed by atoms with Gasteiger partial charge in [0, 0.05) is 12.6 Å². The zero-order valence-corrected chi connectivity index (χ0v) is 7.66. The highest BCUT2D eigenvalue weighted by Crippen LogP contribution is 2.29. The minimum Gasteiger partial charge on any atom is -0.274 e. The van der Waals surface area contributed by atoms with E-state index in [4.69, 9.17) is 4.84 Å². The van der Waals surface area contributed by atoms with Gasteiger partial charge >= 0.3 is 0 Å². The molecular weight excluding hydrogens is 162 g/mol. The average Bonchev–Trinajstić information content (AvgIpc) is 2.20. The molecule has 2 nitrogen and oxygen atoms in total. The maximum absolute atomic E-state index is 5.51. The first-order valence-electron chi connectivity index (χ1n) is 4.45. The summed E-state index contributed by atoms with van der Waals surface area (Å²) in [5.74, 6) is 0. The van der Waals surface area contributed by atoms with Gasteiger partial charge in [0.25, 0.3) is 0 Å². The minimum absolute atomic E-state index is 0.226. The Morgan fingerprint density at radius 1 is 1.31 bits per heavy atom. The second-order valence-electron chi connectivity index (χ2n) is 3.42. The fraction of sp³-hybridized carbons (Fsp3) is 0.273. The van der Waals surface area contributed by atoms with Crippen molar-refractivity contribution in [2.24, 2.45) is 0 Å². The molecule has 0 saturated carbocycles. The highest BCUT2D eigenvalue weighted by atomic mass is 16.7. The quantitative estimate of drug-likeness (QED) is 0.707. The molecule has 1 unspecified atom stereocenters. The number of nitrogens with one attached hydrogen (secondary N) is 1. The van der Waals surface area contributed by atoms with E-state index < -0.39 is 0 Å². The average molecular weight is 175 g/mol. The Morgan fingerprint density at radius 3 is 2.69 bits per heavy atom. The van der Waals surface area contributed by atoms with E-state index in [2.05, 4.69) is 30.6 Å². The first kappa shape index (κ1) is 8.32. The van der Waals surface area contributed by atoms with E-state index in [0.717, 1.165) is 6.42 Å². The summed E-state index contributed by atoms with van der Waals surface area (Å²) in [5.41, 5.74) is 3.77. The SMILES string of the molecule is CC1(c2ccccc2)CC=CNO1. The van der Waals surface area contributed by atoms with Crippen LogP contribution in [0.25, 0.3) is 0 Å². The zero-order valence-electron chi connectivity index (χ0n) is 7.66. The topological polar surface area (TPSA) is 21.3 Å². The number of hydroxylamine groups is 1. The van der Waals surface area contributed by atoms with Gasteiger partial charge in [-0.15, -0.1) is 0 Å². The Hall–Kier alpha value is -1.28. The van der Waals surface area contributed by atoms with Gasteiger partial charge in [-0.25, -0.2) is 0 Å². The number of hydrogen-bond acceptors (Lipinski definition) is 2. The third kappa shape index (κ3) is 1.58. The largest absolute Gasteiger partial charge is 0.274 e. The molecule has 0 aliphatic carbocycles. The summed E-state index contributed by atoms with van der Waals surface area (Å²) in [7, 11) is 0. The molecule has 1 aromatic rings. The minimum atomic E-state index is -0.226. The summed E-state index contributed by atoms with van der Waals surface area (Å²) in [4.78, 5) is 5.51. The maximum Gasteiger partial charge on any atom is 0.121 e. The molecule has 1 aliphatic rings. The second-order valence-corrected chi connectivity index (χ2v) is 3.42. The van der Waals surface area contributed by atoms with E-state index in [1.54, 1.807) is 0 Å². The van der Waals surface area contributed by atoms with Gasteiger partial charge in [-0.1, -0.05) is 36.4 Å². The summed E-state index contributed by atoms with van der Waals surface area (Å²) in [6.45, 7) is 2.08. The molecule has 13 heavy (non-hydrogen) atoms. The molecule has 1 heterocycles. The van der Waals surface area contributed by atoms with Crippen LogP contribution < -0.4 is 5.48 Å². The van der Waals surface area contributed by atoms with Crippen molar-refractivity contribution >= 4 is 0 Å². The van der Waals surface area contributed by atoms with Crippen LogP contribution >= 0.6 is 0 Å². The summed E-state index contributed by atoms with van der Waals surface area (Å²) >= 11 is 0. The van der Waals surface area contributed by atoms with Crippen LogP contribution in [0.1, 0.15) is 18.9 Å². The van der Waals surface area contributed by atoms with Crippen molar-refractivity contribution < 1.29 is 4.84 Å². The Bertz CT molecular complexity index is 307. The van der Waals surface area contributed by atoms with Gasteiger partial charge in [0.2, 0.25) is 0 Å². The van der Waals surface area contributed by atoms with E-state index in [1.165, 1.54) is 5.56 Å². The molecule has 0 radical (unpaired) electrons. The lowest BCUT2D eigenvalue weighted by Gasteiger charge is -2.30. The van der Waals surface area contributed by atoms with Crippen LogP contribution in [0, 0.1) is 0 Å². The lowest BCUT2D eigenvalue weighted by Crippen LogP contribution is -2.33. The van der Waals surface area contributed by atoms with Crippen molar-refractivity contribution in [1.82, 2.24) is 5.48 Å². The van der Waals surface area contributed by atoms with E-state index in [-0.39, 0.29) is 5.60 Å². The molecular formula is C11H13NO. The molecule has 1 N–H and O–H groups in total. The molecule has 2 rings (SSSR count). The molecule has 0 bridgehead atoms. The second kappa shape index (κ2) is 3.23. The van der Waals surface area contributed by atoms with Gasteiger partial charge < -0.3 is 0 Å². The number of hydrogen-bond donors (Lipinski definition) is 1. The van der Waals surface area contributed by atoms with Crippen molar-refractivity contribution in [2.45, 2.75) is 18.9 Å². The Morgan fingerprint density at radius 2 is 2.08 bits per heavy atom. The van der Waals surface area contributed by atoms with Crippen molar-refractivity contribution in [3.8, 4) is 0 Å². The summed E-state index contributed by atoms with van der Waals surface area (Å²) in [6.07, 6.45) is 4.81. The first-order valence-corrected chi connectivity index (χ1v) is 4.45. The monoisotopic (exact) mass is 175 g/mol. The Balaban J connectivity index is 2.29. The standard InChI is InChI=1S/C11H13NO/c1-11(8-5-9-12-13-11)10-6-3-2-4-7-10/h2-7,9,12H,8H2,1H3. The van der Waals surface area contributed by atoms with Gasteiger partial charge in [0.15, 0.2) is 0 Å². The molecule has 1 aliphatic heterocycles. The third-order valence-corrected chi connectivity index (χ3v) is 2.36. The summed E-state index contributed by atoms with van der Waals surface area (Å²) in [5, 5.41) is 0.